The van der Waals surface area contributed by atoms with Crippen LogP contribution in [0.1, 0.15) is 44.0 Å². The number of hydrogen-bond donors (Lipinski definition) is 2. The second-order valence-electron chi connectivity index (χ2n) is 7.59. The number of amides is 3. The average molecular weight is 452 g/mol. The van der Waals surface area contributed by atoms with Crippen LogP contribution in [0.3, 0.4) is 0 Å². The number of rotatable bonds is 6. The van der Waals surface area contributed by atoms with Crippen molar-refractivity contribution >= 4 is 39.7 Å². The lowest BCUT2D eigenvalue weighted by Gasteiger charge is -2.16. The summed E-state index contributed by atoms with van der Waals surface area (Å²) in [4.78, 5) is 39.1. The van der Waals surface area contributed by atoms with Crippen LogP contribution in [0.4, 0.5) is 15.1 Å². The predicted molar refractivity (Wildman–Crippen MR) is 123 cm³/mol. The molecule has 0 aliphatic carbocycles. The lowest BCUT2D eigenvalue weighted by Crippen LogP contribution is -2.24. The minimum atomic E-state index is -0.486. The Labute approximate surface area is 189 Å². The molecule has 4 rings (SSSR count). The molecule has 2 aromatic carbocycles. The van der Waals surface area contributed by atoms with Gasteiger partial charge in [-0.05, 0) is 60.9 Å². The van der Waals surface area contributed by atoms with Gasteiger partial charge in [-0.3, -0.25) is 14.4 Å². The van der Waals surface area contributed by atoms with Crippen molar-refractivity contribution in [2.45, 2.75) is 26.3 Å². The third kappa shape index (κ3) is 4.86. The van der Waals surface area contributed by atoms with Crippen molar-refractivity contribution in [1.82, 2.24) is 5.32 Å². The van der Waals surface area contributed by atoms with Gasteiger partial charge in [0.15, 0.2) is 0 Å². The molecule has 0 radical (unpaired) electrons. The molecule has 2 heterocycles. The smallest absolute Gasteiger partial charge is 0.261 e. The van der Waals surface area contributed by atoms with E-state index in [1.165, 1.54) is 29.5 Å². The molecule has 0 atom stereocenters. The minimum Gasteiger partial charge on any atom is -0.347 e. The molecular weight excluding hydrogens is 429 g/mol. The average Bonchev–Trinajstić information content (AvgIpc) is 3.37. The summed E-state index contributed by atoms with van der Waals surface area (Å²) in [5.74, 6) is -1.02. The third-order valence-electron chi connectivity index (χ3n) is 5.22. The highest BCUT2D eigenvalue weighted by Crippen LogP contribution is 2.27. The number of hydrogen-bond acceptors (Lipinski definition) is 4. The summed E-state index contributed by atoms with van der Waals surface area (Å²) in [6, 6.07) is 14.7. The number of carbonyl (C=O) groups is 3. The highest BCUT2D eigenvalue weighted by molar-refractivity contribution is 7.18. The van der Waals surface area contributed by atoms with Crippen molar-refractivity contribution in [1.29, 1.82) is 0 Å². The van der Waals surface area contributed by atoms with Crippen molar-refractivity contribution in [3.05, 3.63) is 82.0 Å². The van der Waals surface area contributed by atoms with E-state index in [1.807, 2.05) is 24.3 Å². The van der Waals surface area contributed by atoms with Crippen LogP contribution in [0.15, 0.2) is 54.6 Å². The van der Waals surface area contributed by atoms with E-state index in [2.05, 4.69) is 10.6 Å². The van der Waals surface area contributed by atoms with Crippen molar-refractivity contribution in [3.63, 3.8) is 0 Å². The number of nitrogens with zero attached hydrogens (tertiary/aromatic N) is 1. The van der Waals surface area contributed by atoms with Crippen LogP contribution in [-0.4, -0.2) is 24.3 Å². The molecule has 6 nitrogen and oxygen atoms in total. The Morgan fingerprint density at radius 2 is 1.88 bits per heavy atom. The quantitative estimate of drug-likeness (QED) is 0.579. The largest absolute Gasteiger partial charge is 0.347 e. The van der Waals surface area contributed by atoms with E-state index in [1.54, 1.807) is 17.9 Å². The molecule has 1 saturated heterocycles. The fraction of sp³-hybridized carbons (Fsp3) is 0.208. The summed E-state index contributed by atoms with van der Waals surface area (Å²) in [7, 11) is 0. The molecule has 1 fully saturated rings. The van der Waals surface area contributed by atoms with Gasteiger partial charge in [-0.1, -0.05) is 18.2 Å². The van der Waals surface area contributed by atoms with E-state index >= 15 is 0 Å². The van der Waals surface area contributed by atoms with Gasteiger partial charge >= 0.3 is 0 Å². The predicted octanol–water partition coefficient (Wildman–Crippen LogP) is 4.50. The maximum Gasteiger partial charge on any atom is 0.261 e. The molecule has 2 N–H and O–H groups in total. The van der Waals surface area contributed by atoms with Crippen LogP contribution < -0.4 is 15.5 Å². The summed E-state index contributed by atoms with van der Waals surface area (Å²) in [5.41, 5.74) is 2.74. The maximum absolute atomic E-state index is 13.3. The van der Waals surface area contributed by atoms with E-state index in [9.17, 15) is 18.8 Å². The van der Waals surface area contributed by atoms with Gasteiger partial charge in [-0.15, -0.1) is 11.3 Å². The van der Waals surface area contributed by atoms with Gasteiger partial charge in [-0.2, -0.15) is 0 Å². The Kier molecular flexibility index (Phi) is 6.32. The van der Waals surface area contributed by atoms with Crippen molar-refractivity contribution < 1.29 is 18.8 Å². The number of thiophene rings is 1. The van der Waals surface area contributed by atoms with E-state index in [0.717, 1.165) is 35.8 Å². The molecule has 3 aromatic rings. The highest BCUT2D eigenvalue weighted by atomic mass is 32.1. The summed E-state index contributed by atoms with van der Waals surface area (Å²) in [6.45, 7) is 2.88. The summed E-state index contributed by atoms with van der Waals surface area (Å²) in [5, 5.41) is 6.12. The van der Waals surface area contributed by atoms with E-state index in [0.29, 0.717) is 22.8 Å². The van der Waals surface area contributed by atoms with Crippen LogP contribution in [0.2, 0.25) is 0 Å². The first-order valence-corrected chi connectivity index (χ1v) is 11.1. The molecule has 0 unspecified atom stereocenters. The lowest BCUT2D eigenvalue weighted by molar-refractivity contribution is -0.117. The molecule has 32 heavy (non-hydrogen) atoms. The normalized spacial score (nSPS) is 13.3. The highest BCUT2D eigenvalue weighted by Gasteiger charge is 2.21. The number of benzene rings is 2. The van der Waals surface area contributed by atoms with Gasteiger partial charge in [0, 0.05) is 30.8 Å². The molecule has 1 aliphatic heterocycles. The van der Waals surface area contributed by atoms with Gasteiger partial charge in [-0.25, -0.2) is 4.39 Å². The first kappa shape index (κ1) is 21.7. The zero-order valence-corrected chi connectivity index (χ0v) is 18.3. The molecular formula is C24H22FN3O3S. The Morgan fingerprint density at radius 1 is 1.09 bits per heavy atom. The molecule has 3 amide bonds. The Bertz CT molecular complexity index is 1170. The van der Waals surface area contributed by atoms with Crippen molar-refractivity contribution in [3.8, 4) is 0 Å². The van der Waals surface area contributed by atoms with Gasteiger partial charge in [0.2, 0.25) is 5.91 Å². The summed E-state index contributed by atoms with van der Waals surface area (Å²) in [6.07, 6.45) is 1.46. The zero-order valence-electron chi connectivity index (χ0n) is 17.5. The second-order valence-corrected chi connectivity index (χ2v) is 8.64. The van der Waals surface area contributed by atoms with E-state index < -0.39 is 11.7 Å². The molecule has 1 aliphatic rings. The Morgan fingerprint density at radius 3 is 2.56 bits per heavy atom. The number of aryl methyl sites for hydroxylation is 1. The fourth-order valence-electron chi connectivity index (χ4n) is 3.56. The van der Waals surface area contributed by atoms with Crippen LogP contribution in [0, 0.1) is 12.7 Å². The van der Waals surface area contributed by atoms with Crippen LogP contribution in [0.25, 0.3) is 0 Å². The molecule has 0 spiro atoms. The van der Waals surface area contributed by atoms with Gasteiger partial charge in [0.1, 0.15) is 5.82 Å². The molecule has 0 bridgehead atoms. The summed E-state index contributed by atoms with van der Waals surface area (Å²) >= 11 is 1.17. The fourth-order valence-corrected chi connectivity index (χ4v) is 4.54. The van der Waals surface area contributed by atoms with Crippen molar-refractivity contribution in [2.24, 2.45) is 0 Å². The third-order valence-corrected chi connectivity index (χ3v) is 6.37. The van der Waals surface area contributed by atoms with Gasteiger partial charge in [0.05, 0.1) is 9.88 Å². The first-order chi connectivity index (χ1) is 15.4. The lowest BCUT2D eigenvalue weighted by atomic mass is 10.2. The number of carbonyl (C=O) groups excluding carboxylic acids is 3. The standard InChI is InChI=1S/C24H22FN3O3S/c1-15-12-20(27-23(30)17-4-2-5-18(25)13-17)32-22(15)24(31)26-14-16-7-9-19(10-8-16)28-11-3-6-21(28)29/h2,4-5,7-10,12-13H,3,6,11,14H2,1H3,(H,26,31)(H,27,30). The molecule has 164 valence electrons. The molecule has 1 aromatic heterocycles. The monoisotopic (exact) mass is 451 g/mol. The number of halogens is 1. The summed E-state index contributed by atoms with van der Waals surface area (Å²) < 4.78 is 13.3. The zero-order chi connectivity index (χ0) is 22.7. The van der Waals surface area contributed by atoms with Gasteiger partial charge in [0.25, 0.3) is 11.8 Å². The maximum atomic E-state index is 13.3. The van der Waals surface area contributed by atoms with Crippen LogP contribution in [-0.2, 0) is 11.3 Å². The van der Waals surface area contributed by atoms with Crippen molar-refractivity contribution in [2.75, 3.05) is 16.8 Å². The number of anilines is 2. The second kappa shape index (κ2) is 9.32. The van der Waals surface area contributed by atoms with Crippen LogP contribution in [0.5, 0.6) is 0 Å². The van der Waals surface area contributed by atoms with E-state index in [-0.39, 0.29) is 17.4 Å². The molecule has 8 heteroatoms. The topological polar surface area (TPSA) is 78.5 Å². The Hall–Kier alpha value is -3.52. The Balaban J connectivity index is 1.36. The first-order valence-electron chi connectivity index (χ1n) is 10.3. The molecule has 0 saturated carbocycles. The SMILES string of the molecule is Cc1cc(NC(=O)c2cccc(F)c2)sc1C(=O)NCc1ccc(N2CCCC2=O)cc1. The number of nitrogens with one attached hydrogen (secondary N) is 2. The van der Waals surface area contributed by atoms with Crippen LogP contribution >= 0.6 is 11.3 Å². The van der Waals surface area contributed by atoms with Gasteiger partial charge < -0.3 is 15.5 Å². The van der Waals surface area contributed by atoms with E-state index in [4.69, 9.17) is 0 Å². The minimum absolute atomic E-state index is 0.138.